The van der Waals surface area contributed by atoms with Gasteiger partial charge in [0.15, 0.2) is 0 Å². The van der Waals surface area contributed by atoms with E-state index in [0.29, 0.717) is 18.5 Å². The highest BCUT2D eigenvalue weighted by molar-refractivity contribution is 5.76. The van der Waals surface area contributed by atoms with Gasteiger partial charge in [0.05, 0.1) is 0 Å². The molecule has 0 bridgehead atoms. The highest BCUT2D eigenvalue weighted by Crippen LogP contribution is 2.18. The van der Waals surface area contributed by atoms with Crippen LogP contribution in [0.25, 0.3) is 0 Å². The van der Waals surface area contributed by atoms with Gasteiger partial charge < -0.3 is 10.6 Å². The zero-order valence-corrected chi connectivity index (χ0v) is 11.4. The summed E-state index contributed by atoms with van der Waals surface area (Å²) in [5, 5.41) is 6.73. The first-order chi connectivity index (χ1) is 8.26. The Kier molecular flexibility index (Phi) is 7.25. The van der Waals surface area contributed by atoms with Crippen molar-refractivity contribution in [1.82, 2.24) is 10.6 Å². The van der Waals surface area contributed by atoms with E-state index >= 15 is 0 Å². The molecule has 0 aromatic heterocycles. The zero-order chi connectivity index (χ0) is 12.5. The Hall–Kier alpha value is -0.570. The third-order valence-electron chi connectivity index (χ3n) is 3.53. The minimum atomic E-state index is 0.247. The second-order valence-corrected chi connectivity index (χ2v) is 5.17. The van der Waals surface area contributed by atoms with Crippen molar-refractivity contribution < 1.29 is 4.79 Å². The van der Waals surface area contributed by atoms with Crippen LogP contribution >= 0.6 is 0 Å². The molecular weight excluding hydrogens is 212 g/mol. The largest absolute Gasteiger partial charge is 0.353 e. The molecule has 1 rings (SSSR count). The summed E-state index contributed by atoms with van der Waals surface area (Å²) in [6.45, 7) is 5.45. The lowest BCUT2D eigenvalue weighted by atomic mass is 9.91. The number of carbonyl (C=O) groups is 1. The van der Waals surface area contributed by atoms with Crippen LogP contribution in [0.5, 0.6) is 0 Å². The second kappa shape index (κ2) is 8.51. The molecule has 0 aromatic rings. The second-order valence-electron chi connectivity index (χ2n) is 5.17. The number of unbranched alkanes of at least 4 members (excludes halogenated alkanes) is 1. The molecule has 100 valence electrons. The van der Waals surface area contributed by atoms with E-state index in [1.165, 1.54) is 19.3 Å². The molecule has 1 aliphatic carbocycles. The van der Waals surface area contributed by atoms with E-state index in [-0.39, 0.29) is 5.91 Å². The molecular formula is C14H28N2O. The van der Waals surface area contributed by atoms with Gasteiger partial charge in [-0.05, 0) is 45.1 Å². The summed E-state index contributed by atoms with van der Waals surface area (Å²) in [7, 11) is 0. The third kappa shape index (κ3) is 6.06. The van der Waals surface area contributed by atoms with Crippen LogP contribution in [-0.4, -0.2) is 24.5 Å². The van der Waals surface area contributed by atoms with Crippen molar-refractivity contribution in [3.63, 3.8) is 0 Å². The van der Waals surface area contributed by atoms with Crippen LogP contribution in [-0.2, 0) is 4.79 Å². The fraction of sp³-hybridized carbons (Fsp3) is 0.929. The number of hydrogen-bond acceptors (Lipinski definition) is 2. The summed E-state index contributed by atoms with van der Waals surface area (Å²) in [5.74, 6) is 0.247. The fourth-order valence-corrected chi connectivity index (χ4v) is 2.43. The molecule has 0 saturated heterocycles. The normalized spacial score (nSPS) is 24.6. The van der Waals surface area contributed by atoms with Gasteiger partial charge in [0.2, 0.25) is 5.91 Å². The Morgan fingerprint density at radius 3 is 2.29 bits per heavy atom. The first-order valence-corrected chi connectivity index (χ1v) is 7.29. The maximum absolute atomic E-state index is 11.6. The number of nitrogens with one attached hydrogen (secondary N) is 2. The topological polar surface area (TPSA) is 41.1 Å². The van der Waals surface area contributed by atoms with Gasteiger partial charge in [-0.25, -0.2) is 0 Å². The summed E-state index contributed by atoms with van der Waals surface area (Å²) >= 11 is 0. The standard InChI is InChI=1S/C14H28N2O/c1-3-5-6-14(17)16-13-9-7-12(8-10-13)15-11-4-2/h12-13,15H,3-11H2,1-2H3,(H,16,17). The maximum Gasteiger partial charge on any atom is 0.220 e. The molecule has 0 radical (unpaired) electrons. The monoisotopic (exact) mass is 240 g/mol. The van der Waals surface area contributed by atoms with Crippen molar-refractivity contribution in [3.8, 4) is 0 Å². The maximum atomic E-state index is 11.6. The Balaban J connectivity index is 2.12. The number of carbonyl (C=O) groups excluding carboxylic acids is 1. The molecule has 0 spiro atoms. The quantitative estimate of drug-likeness (QED) is 0.718. The first-order valence-electron chi connectivity index (χ1n) is 7.29. The van der Waals surface area contributed by atoms with Gasteiger partial charge in [-0.15, -0.1) is 0 Å². The van der Waals surface area contributed by atoms with E-state index < -0.39 is 0 Å². The Morgan fingerprint density at radius 2 is 1.71 bits per heavy atom. The van der Waals surface area contributed by atoms with Crippen molar-refractivity contribution in [1.29, 1.82) is 0 Å². The van der Waals surface area contributed by atoms with Gasteiger partial charge in [-0.3, -0.25) is 4.79 Å². The summed E-state index contributed by atoms with van der Waals surface area (Å²) in [6.07, 6.45) is 8.70. The first kappa shape index (κ1) is 14.5. The van der Waals surface area contributed by atoms with Crippen LogP contribution in [0.1, 0.15) is 65.2 Å². The van der Waals surface area contributed by atoms with Gasteiger partial charge in [0.25, 0.3) is 0 Å². The number of amides is 1. The lowest BCUT2D eigenvalue weighted by molar-refractivity contribution is -0.122. The van der Waals surface area contributed by atoms with E-state index in [2.05, 4.69) is 24.5 Å². The molecule has 1 aliphatic rings. The molecule has 2 N–H and O–H groups in total. The van der Waals surface area contributed by atoms with E-state index in [4.69, 9.17) is 0 Å². The van der Waals surface area contributed by atoms with E-state index in [0.717, 1.165) is 32.2 Å². The highest BCUT2D eigenvalue weighted by Gasteiger charge is 2.21. The molecule has 1 saturated carbocycles. The van der Waals surface area contributed by atoms with E-state index in [1.807, 2.05) is 0 Å². The predicted molar refractivity (Wildman–Crippen MR) is 72.0 cm³/mol. The number of hydrogen-bond donors (Lipinski definition) is 2. The lowest BCUT2D eigenvalue weighted by Crippen LogP contribution is -2.42. The van der Waals surface area contributed by atoms with Gasteiger partial charge in [-0.1, -0.05) is 20.3 Å². The van der Waals surface area contributed by atoms with E-state index in [9.17, 15) is 4.79 Å². The van der Waals surface area contributed by atoms with Crippen molar-refractivity contribution in [2.24, 2.45) is 0 Å². The third-order valence-corrected chi connectivity index (χ3v) is 3.53. The van der Waals surface area contributed by atoms with Crippen LogP contribution in [0, 0.1) is 0 Å². The summed E-state index contributed by atoms with van der Waals surface area (Å²) < 4.78 is 0. The number of rotatable bonds is 7. The molecule has 3 heteroatoms. The van der Waals surface area contributed by atoms with Crippen LogP contribution in [0.2, 0.25) is 0 Å². The predicted octanol–water partition coefficient (Wildman–Crippen LogP) is 2.60. The Labute approximate surface area is 106 Å². The summed E-state index contributed by atoms with van der Waals surface area (Å²) in [4.78, 5) is 11.6. The van der Waals surface area contributed by atoms with Crippen LogP contribution in [0.4, 0.5) is 0 Å². The summed E-state index contributed by atoms with van der Waals surface area (Å²) in [5.41, 5.74) is 0. The van der Waals surface area contributed by atoms with Crippen molar-refractivity contribution in [2.45, 2.75) is 77.3 Å². The van der Waals surface area contributed by atoms with Gasteiger partial charge in [0.1, 0.15) is 0 Å². The van der Waals surface area contributed by atoms with E-state index in [1.54, 1.807) is 0 Å². The smallest absolute Gasteiger partial charge is 0.220 e. The molecule has 0 unspecified atom stereocenters. The zero-order valence-electron chi connectivity index (χ0n) is 11.4. The highest BCUT2D eigenvalue weighted by atomic mass is 16.1. The Bertz CT molecular complexity index is 210. The summed E-state index contributed by atoms with van der Waals surface area (Å²) in [6, 6.07) is 1.11. The molecule has 0 aliphatic heterocycles. The molecule has 3 nitrogen and oxygen atoms in total. The molecule has 0 aromatic carbocycles. The van der Waals surface area contributed by atoms with Gasteiger partial charge in [-0.2, -0.15) is 0 Å². The minimum absolute atomic E-state index is 0.247. The SMILES string of the molecule is CCCCC(=O)NC1CCC(NCCC)CC1. The molecule has 0 atom stereocenters. The average Bonchev–Trinajstić information content (AvgIpc) is 2.35. The van der Waals surface area contributed by atoms with Gasteiger partial charge >= 0.3 is 0 Å². The Morgan fingerprint density at radius 1 is 1.06 bits per heavy atom. The van der Waals surface area contributed by atoms with Crippen LogP contribution < -0.4 is 10.6 Å². The minimum Gasteiger partial charge on any atom is -0.353 e. The van der Waals surface area contributed by atoms with Gasteiger partial charge in [0, 0.05) is 18.5 Å². The average molecular weight is 240 g/mol. The molecule has 17 heavy (non-hydrogen) atoms. The van der Waals surface area contributed by atoms with Crippen molar-refractivity contribution in [2.75, 3.05) is 6.54 Å². The van der Waals surface area contributed by atoms with Crippen LogP contribution in [0.3, 0.4) is 0 Å². The molecule has 1 fully saturated rings. The van der Waals surface area contributed by atoms with Crippen molar-refractivity contribution in [3.05, 3.63) is 0 Å². The fourth-order valence-electron chi connectivity index (χ4n) is 2.43. The molecule has 0 heterocycles. The molecule has 1 amide bonds. The van der Waals surface area contributed by atoms with Crippen molar-refractivity contribution >= 4 is 5.91 Å². The lowest BCUT2D eigenvalue weighted by Gasteiger charge is -2.29. The van der Waals surface area contributed by atoms with Crippen LogP contribution in [0.15, 0.2) is 0 Å².